The van der Waals surface area contributed by atoms with Crippen molar-refractivity contribution < 1.29 is 14.6 Å². The highest BCUT2D eigenvalue weighted by molar-refractivity contribution is 7.92. The van der Waals surface area contributed by atoms with Crippen molar-refractivity contribution in [3.63, 3.8) is 0 Å². The fourth-order valence-electron chi connectivity index (χ4n) is 2.54. The SMILES string of the molecule is Cc1ccc(-c2ccc(CCCCCC(C(=O)NO)[S+](C)[O-])s2)s1. The zero-order valence-corrected chi connectivity index (χ0v) is 16.4. The molecule has 4 nitrogen and oxygen atoms in total. The van der Waals surface area contributed by atoms with Gasteiger partial charge in [-0.25, -0.2) is 5.48 Å². The Balaban J connectivity index is 1.73. The molecule has 132 valence electrons. The maximum absolute atomic E-state index is 11.5. The normalized spacial score (nSPS) is 13.7. The molecule has 0 aromatic carbocycles. The third kappa shape index (κ3) is 5.60. The highest BCUT2D eigenvalue weighted by Gasteiger charge is 2.26. The van der Waals surface area contributed by atoms with E-state index in [-0.39, 0.29) is 0 Å². The lowest BCUT2D eigenvalue weighted by Gasteiger charge is -2.16. The largest absolute Gasteiger partial charge is 0.616 e. The fraction of sp³-hybridized carbons (Fsp3) is 0.471. The Labute approximate surface area is 154 Å². The van der Waals surface area contributed by atoms with Gasteiger partial charge in [0, 0.05) is 25.9 Å². The minimum absolute atomic E-state index is 0.541. The Kier molecular flexibility index (Phi) is 7.77. The van der Waals surface area contributed by atoms with E-state index in [4.69, 9.17) is 5.21 Å². The van der Waals surface area contributed by atoms with E-state index in [0.717, 1.165) is 25.7 Å². The second-order valence-electron chi connectivity index (χ2n) is 5.74. The lowest BCUT2D eigenvalue weighted by Crippen LogP contribution is -2.37. The van der Waals surface area contributed by atoms with Crippen LogP contribution >= 0.6 is 22.7 Å². The van der Waals surface area contributed by atoms with Crippen molar-refractivity contribution in [1.82, 2.24) is 5.48 Å². The molecule has 2 N–H and O–H groups in total. The number of rotatable bonds is 9. The molecule has 2 aromatic heterocycles. The zero-order chi connectivity index (χ0) is 17.5. The number of amides is 1. The molecule has 24 heavy (non-hydrogen) atoms. The quantitative estimate of drug-likeness (QED) is 0.295. The number of hydrogen-bond donors (Lipinski definition) is 2. The van der Waals surface area contributed by atoms with Crippen LogP contribution in [0.3, 0.4) is 0 Å². The Morgan fingerprint density at radius 3 is 2.54 bits per heavy atom. The standard InChI is InChI=1S/C17H23NO3S3/c1-12-8-10-14(22-12)15-11-9-13(23-15)6-4-3-5-7-16(24(2)21)17(19)18-20/h8-11,16,20H,3-7H2,1-2H3,(H,18,19). The van der Waals surface area contributed by atoms with Gasteiger partial charge in [-0.05, 0) is 61.6 Å². The molecule has 0 bridgehead atoms. The van der Waals surface area contributed by atoms with E-state index in [1.807, 2.05) is 22.7 Å². The zero-order valence-electron chi connectivity index (χ0n) is 13.9. The van der Waals surface area contributed by atoms with E-state index < -0.39 is 22.3 Å². The Hall–Kier alpha value is -0.860. The molecule has 0 fully saturated rings. The summed E-state index contributed by atoms with van der Waals surface area (Å²) in [5, 5.41) is 8.05. The Morgan fingerprint density at radius 2 is 1.92 bits per heavy atom. The van der Waals surface area contributed by atoms with Crippen LogP contribution in [0.2, 0.25) is 0 Å². The fourth-order valence-corrected chi connectivity index (χ4v) is 5.40. The van der Waals surface area contributed by atoms with E-state index in [9.17, 15) is 9.35 Å². The minimum Gasteiger partial charge on any atom is -0.616 e. The number of unbranched alkanes of at least 4 members (excludes halogenated alkanes) is 2. The van der Waals surface area contributed by atoms with Crippen molar-refractivity contribution in [2.24, 2.45) is 0 Å². The van der Waals surface area contributed by atoms with Crippen LogP contribution in [-0.4, -0.2) is 27.2 Å². The molecule has 0 saturated heterocycles. The highest BCUT2D eigenvalue weighted by Crippen LogP contribution is 2.33. The van der Waals surface area contributed by atoms with Crippen molar-refractivity contribution in [2.45, 2.75) is 44.3 Å². The molecule has 0 saturated carbocycles. The molecule has 2 atom stereocenters. The van der Waals surface area contributed by atoms with Gasteiger partial charge in [0.2, 0.25) is 0 Å². The number of aryl methyl sites for hydroxylation is 2. The van der Waals surface area contributed by atoms with Crippen LogP contribution in [0, 0.1) is 6.92 Å². The predicted octanol–water partition coefficient (Wildman–Crippen LogP) is 4.14. The predicted molar refractivity (Wildman–Crippen MR) is 102 cm³/mol. The maximum Gasteiger partial charge on any atom is 0.296 e. The van der Waals surface area contributed by atoms with Crippen LogP contribution in [0.1, 0.15) is 35.4 Å². The van der Waals surface area contributed by atoms with Crippen LogP contribution in [0.25, 0.3) is 9.75 Å². The summed E-state index contributed by atoms with van der Waals surface area (Å²) >= 11 is 2.40. The summed E-state index contributed by atoms with van der Waals surface area (Å²) in [7, 11) is 0. The lowest BCUT2D eigenvalue weighted by atomic mass is 10.1. The second kappa shape index (κ2) is 9.58. The van der Waals surface area contributed by atoms with Gasteiger partial charge in [-0.1, -0.05) is 6.42 Å². The number of nitrogens with one attached hydrogen (secondary N) is 1. The first-order valence-corrected chi connectivity index (χ1v) is 11.2. The Morgan fingerprint density at radius 1 is 1.21 bits per heavy atom. The summed E-state index contributed by atoms with van der Waals surface area (Å²) in [6, 6.07) is 8.70. The molecule has 0 aliphatic heterocycles. The highest BCUT2D eigenvalue weighted by atomic mass is 32.2. The molecule has 2 heterocycles. The summed E-state index contributed by atoms with van der Waals surface area (Å²) in [5.74, 6) is -0.551. The van der Waals surface area contributed by atoms with E-state index in [1.165, 1.54) is 25.8 Å². The first-order valence-electron chi connectivity index (χ1n) is 7.93. The van der Waals surface area contributed by atoms with Crippen LogP contribution < -0.4 is 5.48 Å². The molecular weight excluding hydrogens is 362 g/mol. The van der Waals surface area contributed by atoms with E-state index in [2.05, 4.69) is 31.2 Å². The van der Waals surface area contributed by atoms with Crippen molar-refractivity contribution in [3.8, 4) is 9.75 Å². The molecule has 7 heteroatoms. The number of carbonyl (C=O) groups excluding carboxylic acids is 1. The van der Waals surface area contributed by atoms with Gasteiger partial charge < -0.3 is 4.55 Å². The number of carbonyl (C=O) groups is 1. The van der Waals surface area contributed by atoms with Gasteiger partial charge in [0.05, 0.1) is 6.26 Å². The van der Waals surface area contributed by atoms with Gasteiger partial charge >= 0.3 is 0 Å². The second-order valence-corrected chi connectivity index (χ2v) is 9.76. The van der Waals surface area contributed by atoms with Crippen molar-refractivity contribution in [3.05, 3.63) is 34.0 Å². The number of thiophene rings is 2. The lowest BCUT2D eigenvalue weighted by molar-refractivity contribution is -0.128. The van der Waals surface area contributed by atoms with Crippen LogP contribution in [-0.2, 0) is 22.4 Å². The van der Waals surface area contributed by atoms with Crippen LogP contribution in [0.4, 0.5) is 0 Å². The van der Waals surface area contributed by atoms with Crippen molar-refractivity contribution >= 4 is 39.8 Å². The van der Waals surface area contributed by atoms with E-state index >= 15 is 0 Å². The molecule has 2 rings (SSSR count). The third-order valence-corrected chi connectivity index (χ3v) is 7.43. The van der Waals surface area contributed by atoms with Crippen molar-refractivity contribution in [1.29, 1.82) is 0 Å². The summed E-state index contributed by atoms with van der Waals surface area (Å²) < 4.78 is 11.5. The smallest absolute Gasteiger partial charge is 0.296 e. The first kappa shape index (κ1) is 19.5. The number of hydrogen-bond acceptors (Lipinski definition) is 5. The summed E-state index contributed by atoms with van der Waals surface area (Å²) in [4.78, 5) is 16.8. The number of hydroxylamine groups is 1. The van der Waals surface area contributed by atoms with Crippen LogP contribution in [0.15, 0.2) is 24.3 Å². The topological polar surface area (TPSA) is 72.4 Å². The Bertz CT molecular complexity index is 651. The summed E-state index contributed by atoms with van der Waals surface area (Å²) in [6.07, 6.45) is 5.94. The summed E-state index contributed by atoms with van der Waals surface area (Å²) in [5.41, 5.74) is 1.60. The average Bonchev–Trinajstić information content (AvgIpc) is 3.18. The molecule has 1 amide bonds. The van der Waals surface area contributed by atoms with Gasteiger partial charge in [0.15, 0.2) is 5.25 Å². The summed E-state index contributed by atoms with van der Waals surface area (Å²) in [6.45, 7) is 2.12. The molecule has 0 radical (unpaired) electrons. The van der Waals surface area contributed by atoms with E-state index in [0.29, 0.717) is 6.42 Å². The van der Waals surface area contributed by atoms with Gasteiger partial charge in [-0.3, -0.25) is 10.0 Å². The van der Waals surface area contributed by atoms with Gasteiger partial charge in [0.25, 0.3) is 5.91 Å². The maximum atomic E-state index is 11.5. The first-order chi connectivity index (χ1) is 11.5. The molecule has 2 aromatic rings. The minimum atomic E-state index is -1.26. The molecular formula is C17H23NO3S3. The van der Waals surface area contributed by atoms with E-state index in [1.54, 1.807) is 5.48 Å². The van der Waals surface area contributed by atoms with Crippen LogP contribution in [0.5, 0.6) is 0 Å². The average molecular weight is 386 g/mol. The van der Waals surface area contributed by atoms with Crippen molar-refractivity contribution in [2.75, 3.05) is 6.26 Å². The molecule has 0 spiro atoms. The monoisotopic (exact) mass is 385 g/mol. The van der Waals surface area contributed by atoms with Gasteiger partial charge in [-0.2, -0.15) is 0 Å². The molecule has 2 unspecified atom stereocenters. The van der Waals surface area contributed by atoms with Gasteiger partial charge in [0.1, 0.15) is 0 Å². The molecule has 0 aliphatic carbocycles. The molecule has 0 aliphatic rings. The third-order valence-electron chi connectivity index (χ3n) is 3.84. The van der Waals surface area contributed by atoms with Gasteiger partial charge in [-0.15, -0.1) is 22.7 Å².